The molecule has 1 rings (SSSR count). The number of allylic oxidation sites excluding steroid dienone is 5. The molecule has 0 aliphatic carbocycles. The second-order valence-electron chi connectivity index (χ2n) is 4.87. The molecule has 0 radical (unpaired) electrons. The van der Waals surface area contributed by atoms with Crippen LogP contribution in [0, 0.1) is 0 Å². The molecule has 3 heteroatoms. The molecule has 0 amide bonds. The highest BCUT2D eigenvalue weighted by molar-refractivity contribution is 5.86. The summed E-state index contributed by atoms with van der Waals surface area (Å²) in [5.74, 6) is 0. The van der Waals surface area contributed by atoms with E-state index in [1.807, 2.05) is 6.21 Å². The number of aliphatic imine (C=N–C) groups is 1. The van der Waals surface area contributed by atoms with Gasteiger partial charge in [0.05, 0.1) is 0 Å². The number of nitrogens with zero attached hydrogens (tertiary/aromatic N) is 1. The van der Waals surface area contributed by atoms with Gasteiger partial charge in [-0.05, 0) is 50.7 Å². The van der Waals surface area contributed by atoms with Gasteiger partial charge in [-0.2, -0.15) is 0 Å². The molecular weight excluding hydrogens is 234 g/mol. The van der Waals surface area contributed by atoms with Crippen LogP contribution in [0.2, 0.25) is 0 Å². The average Bonchev–Trinajstić information content (AvgIpc) is 2.44. The molecule has 0 spiro atoms. The number of hydrogen-bond donors (Lipinski definition) is 2. The third-order valence-corrected chi connectivity index (χ3v) is 3.27. The Morgan fingerprint density at radius 2 is 2.42 bits per heavy atom. The maximum atomic E-state index is 5.45. The van der Waals surface area contributed by atoms with Crippen LogP contribution in [0.3, 0.4) is 0 Å². The zero-order valence-corrected chi connectivity index (χ0v) is 12.2. The molecule has 0 aromatic heterocycles. The molecule has 0 aromatic carbocycles. The SMILES string of the molecule is C/C=C(\C=C/CCCC(C)NCN)C1=CCCN=C1. The lowest BCUT2D eigenvalue weighted by Gasteiger charge is -2.10. The Labute approximate surface area is 117 Å². The van der Waals surface area contributed by atoms with Gasteiger partial charge in [0.15, 0.2) is 0 Å². The summed E-state index contributed by atoms with van der Waals surface area (Å²) in [4.78, 5) is 4.33. The standard InChI is InChI=1S/C16H27N3/c1-3-15(16-10-7-11-18-12-16)9-6-4-5-8-14(2)19-13-17/h3,6,9-10,12,14,19H,4-5,7-8,11,13,17H2,1-2H3/b9-6-,15-3+. The maximum Gasteiger partial charge on any atom is 0.0430 e. The van der Waals surface area contributed by atoms with Gasteiger partial charge in [-0.15, -0.1) is 0 Å². The lowest BCUT2D eigenvalue weighted by molar-refractivity contribution is 0.509. The van der Waals surface area contributed by atoms with E-state index in [1.54, 1.807) is 0 Å². The van der Waals surface area contributed by atoms with Crippen molar-refractivity contribution in [1.29, 1.82) is 0 Å². The van der Waals surface area contributed by atoms with Gasteiger partial charge in [0.2, 0.25) is 0 Å². The van der Waals surface area contributed by atoms with Crippen molar-refractivity contribution in [3.05, 3.63) is 35.5 Å². The van der Waals surface area contributed by atoms with Gasteiger partial charge < -0.3 is 11.1 Å². The highest BCUT2D eigenvalue weighted by Crippen LogP contribution is 2.14. The predicted octanol–water partition coefficient (Wildman–Crippen LogP) is 2.95. The number of hydrogen-bond acceptors (Lipinski definition) is 3. The Morgan fingerprint density at radius 3 is 3.05 bits per heavy atom. The van der Waals surface area contributed by atoms with Crippen molar-refractivity contribution in [3.63, 3.8) is 0 Å². The Balaban J connectivity index is 2.30. The Hall–Kier alpha value is -1.19. The fraction of sp³-hybridized carbons (Fsp3) is 0.562. The van der Waals surface area contributed by atoms with Crippen molar-refractivity contribution >= 4 is 6.21 Å². The van der Waals surface area contributed by atoms with Crippen LogP contribution in [0.15, 0.2) is 40.4 Å². The third kappa shape index (κ3) is 6.50. The Bertz CT molecular complexity index is 364. The lowest BCUT2D eigenvalue weighted by Crippen LogP contribution is -2.31. The fourth-order valence-electron chi connectivity index (χ4n) is 2.12. The highest BCUT2D eigenvalue weighted by atomic mass is 15.0. The lowest BCUT2D eigenvalue weighted by atomic mass is 10.0. The maximum absolute atomic E-state index is 5.45. The van der Waals surface area contributed by atoms with E-state index in [1.165, 1.54) is 17.6 Å². The number of nitrogens with two attached hydrogens (primary N) is 1. The summed E-state index contributed by atoms with van der Waals surface area (Å²) in [5, 5.41) is 3.22. The van der Waals surface area contributed by atoms with Gasteiger partial charge in [0.1, 0.15) is 0 Å². The molecule has 1 unspecified atom stereocenters. The number of nitrogens with one attached hydrogen (secondary N) is 1. The van der Waals surface area contributed by atoms with Gasteiger partial charge in [0.25, 0.3) is 0 Å². The summed E-state index contributed by atoms with van der Waals surface area (Å²) in [6.07, 6.45) is 15.4. The quantitative estimate of drug-likeness (QED) is 0.401. The van der Waals surface area contributed by atoms with Gasteiger partial charge >= 0.3 is 0 Å². The summed E-state index contributed by atoms with van der Waals surface area (Å²) in [7, 11) is 0. The first-order chi connectivity index (χ1) is 9.27. The Kier molecular flexibility index (Phi) is 8.10. The van der Waals surface area contributed by atoms with Crippen molar-refractivity contribution in [1.82, 2.24) is 5.32 Å². The van der Waals surface area contributed by atoms with E-state index < -0.39 is 0 Å². The van der Waals surface area contributed by atoms with Gasteiger partial charge in [-0.3, -0.25) is 4.99 Å². The first-order valence-electron chi connectivity index (χ1n) is 7.24. The van der Waals surface area contributed by atoms with Crippen LogP contribution in [0.25, 0.3) is 0 Å². The van der Waals surface area contributed by atoms with Crippen LogP contribution in [0.5, 0.6) is 0 Å². The zero-order chi connectivity index (χ0) is 13.9. The van der Waals surface area contributed by atoms with Gasteiger partial charge in [-0.25, -0.2) is 0 Å². The fourth-order valence-corrected chi connectivity index (χ4v) is 2.12. The van der Waals surface area contributed by atoms with Gasteiger partial charge in [-0.1, -0.05) is 24.3 Å². The molecule has 1 aliphatic heterocycles. The molecule has 0 aromatic rings. The van der Waals surface area contributed by atoms with Crippen molar-refractivity contribution in [2.75, 3.05) is 13.2 Å². The number of rotatable bonds is 8. The minimum Gasteiger partial charge on any atom is -0.318 e. The number of unbranched alkanes of at least 4 members (excludes halogenated alkanes) is 1. The van der Waals surface area contributed by atoms with Crippen LogP contribution < -0.4 is 11.1 Å². The number of dihydropyridines is 1. The Morgan fingerprint density at radius 1 is 1.58 bits per heavy atom. The smallest absolute Gasteiger partial charge is 0.0430 e. The second-order valence-corrected chi connectivity index (χ2v) is 4.87. The molecule has 1 aliphatic rings. The zero-order valence-electron chi connectivity index (χ0n) is 12.2. The van der Waals surface area contributed by atoms with E-state index in [2.05, 4.69) is 48.5 Å². The molecule has 0 bridgehead atoms. The van der Waals surface area contributed by atoms with Crippen LogP contribution in [-0.4, -0.2) is 25.5 Å². The molecule has 0 saturated heterocycles. The van der Waals surface area contributed by atoms with Crippen LogP contribution in [0.4, 0.5) is 0 Å². The monoisotopic (exact) mass is 261 g/mol. The van der Waals surface area contributed by atoms with E-state index in [4.69, 9.17) is 5.73 Å². The second kappa shape index (κ2) is 9.70. The topological polar surface area (TPSA) is 50.4 Å². The molecule has 1 atom stereocenters. The first-order valence-corrected chi connectivity index (χ1v) is 7.24. The molecule has 106 valence electrons. The van der Waals surface area contributed by atoms with E-state index in [9.17, 15) is 0 Å². The predicted molar refractivity (Wildman–Crippen MR) is 84.5 cm³/mol. The third-order valence-electron chi connectivity index (χ3n) is 3.27. The average molecular weight is 261 g/mol. The van der Waals surface area contributed by atoms with E-state index in [-0.39, 0.29) is 0 Å². The minimum absolute atomic E-state index is 0.507. The normalized spacial score (nSPS) is 17.8. The molecule has 0 fully saturated rings. The van der Waals surface area contributed by atoms with Crippen LogP contribution >= 0.6 is 0 Å². The van der Waals surface area contributed by atoms with Crippen LogP contribution in [0.1, 0.15) is 39.5 Å². The van der Waals surface area contributed by atoms with Crippen LogP contribution in [-0.2, 0) is 0 Å². The van der Waals surface area contributed by atoms with Crippen molar-refractivity contribution < 1.29 is 0 Å². The molecule has 3 N–H and O–H groups in total. The highest BCUT2D eigenvalue weighted by Gasteiger charge is 2.01. The summed E-state index contributed by atoms with van der Waals surface area (Å²) < 4.78 is 0. The van der Waals surface area contributed by atoms with E-state index in [0.717, 1.165) is 25.8 Å². The summed E-state index contributed by atoms with van der Waals surface area (Å²) in [6, 6.07) is 0.507. The first kappa shape index (κ1) is 15.9. The molecule has 1 heterocycles. The van der Waals surface area contributed by atoms with Crippen molar-refractivity contribution in [3.8, 4) is 0 Å². The summed E-state index contributed by atoms with van der Waals surface area (Å²) in [6.45, 7) is 5.75. The molecule has 19 heavy (non-hydrogen) atoms. The molecule has 3 nitrogen and oxygen atoms in total. The summed E-state index contributed by atoms with van der Waals surface area (Å²) >= 11 is 0. The largest absolute Gasteiger partial charge is 0.318 e. The minimum atomic E-state index is 0.507. The van der Waals surface area contributed by atoms with E-state index >= 15 is 0 Å². The summed E-state index contributed by atoms with van der Waals surface area (Å²) in [5.41, 5.74) is 7.98. The molecule has 0 saturated carbocycles. The van der Waals surface area contributed by atoms with E-state index in [0.29, 0.717) is 12.7 Å². The molecular formula is C16H27N3. The van der Waals surface area contributed by atoms with Crippen molar-refractivity contribution in [2.45, 2.75) is 45.6 Å². The van der Waals surface area contributed by atoms with Gasteiger partial charge in [0, 0.05) is 25.5 Å². The van der Waals surface area contributed by atoms with Crippen molar-refractivity contribution in [2.24, 2.45) is 10.7 Å².